The van der Waals surface area contributed by atoms with Gasteiger partial charge < -0.3 is 10.2 Å². The monoisotopic (exact) mass is 562 g/mol. The first kappa shape index (κ1) is 28.3. The lowest BCUT2D eigenvalue weighted by molar-refractivity contribution is -0.696. The van der Waals surface area contributed by atoms with Crippen molar-refractivity contribution < 1.29 is 38.1 Å². The van der Waals surface area contributed by atoms with Crippen molar-refractivity contribution in [2.75, 3.05) is 0 Å². The van der Waals surface area contributed by atoms with Crippen LogP contribution >= 0.6 is 0 Å². The molecule has 0 aliphatic heterocycles. The zero-order valence-corrected chi connectivity index (χ0v) is 23.3. The molecule has 2 N–H and O–H groups in total. The molecule has 8 heteroatoms. The van der Waals surface area contributed by atoms with Crippen LogP contribution in [0.4, 0.5) is 0 Å². The molecule has 210 valence electrons. The maximum absolute atomic E-state index is 10.8. The summed E-state index contributed by atoms with van der Waals surface area (Å²) in [7, 11) is 0. The topological polar surface area (TPSA) is 90.1 Å². The predicted octanol–water partition coefficient (Wildman–Crippen LogP) is 3.22. The van der Waals surface area contributed by atoms with Gasteiger partial charge in [0.1, 0.15) is 12.8 Å². The summed E-state index contributed by atoms with van der Waals surface area (Å²) in [4.78, 5) is 21.5. The van der Waals surface area contributed by atoms with E-state index in [1.807, 2.05) is 58.2 Å². The van der Waals surface area contributed by atoms with Crippen molar-refractivity contribution in [1.29, 1.82) is 0 Å². The third-order valence-corrected chi connectivity index (χ3v) is 7.15. The molecule has 4 aromatic heterocycles. The number of hydrogen-bond acceptors (Lipinski definition) is 2. The molecular weight excluding hydrogens is 528 g/mol. The van der Waals surface area contributed by atoms with Gasteiger partial charge in [-0.3, -0.25) is 9.59 Å². The molecular formula is C34H34N4O4+4. The minimum Gasteiger partial charge on any atom is -0.481 e. The van der Waals surface area contributed by atoms with Crippen LogP contribution in [-0.4, -0.2) is 22.2 Å². The van der Waals surface area contributed by atoms with Crippen LogP contribution in [0.1, 0.15) is 24.0 Å². The molecule has 5 rings (SSSR count). The van der Waals surface area contributed by atoms with E-state index in [0.717, 1.165) is 35.3 Å². The molecule has 0 fully saturated rings. The van der Waals surface area contributed by atoms with E-state index in [1.165, 1.54) is 11.1 Å². The van der Waals surface area contributed by atoms with E-state index in [0.29, 0.717) is 13.1 Å². The van der Waals surface area contributed by atoms with Crippen molar-refractivity contribution in [1.82, 2.24) is 0 Å². The van der Waals surface area contributed by atoms with Gasteiger partial charge in [0, 0.05) is 59.7 Å². The van der Waals surface area contributed by atoms with Crippen LogP contribution in [0.15, 0.2) is 122 Å². The molecule has 0 unspecified atom stereocenters. The molecule has 0 radical (unpaired) electrons. The maximum Gasteiger partial charge on any atom is 0.309 e. The summed E-state index contributed by atoms with van der Waals surface area (Å²) in [6, 6.07) is 25.1. The van der Waals surface area contributed by atoms with Crippen LogP contribution in [0, 0.1) is 0 Å². The quantitative estimate of drug-likeness (QED) is 0.229. The van der Waals surface area contributed by atoms with Crippen LogP contribution in [-0.2, 0) is 35.8 Å². The van der Waals surface area contributed by atoms with Gasteiger partial charge in [0.25, 0.3) is 0 Å². The third kappa shape index (κ3) is 7.91. The van der Waals surface area contributed by atoms with Crippen LogP contribution in [0.25, 0.3) is 22.3 Å². The van der Waals surface area contributed by atoms with E-state index in [2.05, 4.69) is 82.5 Å². The van der Waals surface area contributed by atoms with Gasteiger partial charge in [-0.05, 0) is 22.3 Å². The molecule has 5 aromatic rings. The number of nitrogens with zero attached hydrogens (tertiary/aromatic N) is 4. The lowest BCUT2D eigenvalue weighted by Gasteiger charge is -2.04. The Morgan fingerprint density at radius 1 is 0.429 bits per heavy atom. The molecule has 0 saturated carbocycles. The highest BCUT2D eigenvalue weighted by atomic mass is 16.4. The van der Waals surface area contributed by atoms with Crippen molar-refractivity contribution in [2.45, 2.75) is 39.0 Å². The van der Waals surface area contributed by atoms with Crippen molar-refractivity contribution in [2.24, 2.45) is 0 Å². The smallest absolute Gasteiger partial charge is 0.309 e. The highest BCUT2D eigenvalue weighted by Crippen LogP contribution is 2.17. The lowest BCUT2D eigenvalue weighted by Crippen LogP contribution is -2.34. The first-order valence-electron chi connectivity index (χ1n) is 13.9. The number of aromatic nitrogens is 4. The van der Waals surface area contributed by atoms with E-state index < -0.39 is 11.9 Å². The standard InChI is InChI=1S/C34H32N4O4/c39-33(40)13-23-35-15-5-29(6-16-35)31-9-19-37(20-10-31)25-27-1-2-28(4-3-27)26-38-21-11-32(12-22-38)30-7-17-36(18-8-30)24-14-34(41)42/h1-12,15-22H,13-14,23-26H2/q+2/p+2. The van der Waals surface area contributed by atoms with Gasteiger partial charge in [0.05, 0.1) is 0 Å². The Bertz CT molecular complexity index is 1510. The van der Waals surface area contributed by atoms with Crippen LogP contribution in [0.3, 0.4) is 0 Å². The molecule has 0 saturated heterocycles. The Hall–Kier alpha value is -5.24. The van der Waals surface area contributed by atoms with Gasteiger partial charge in [-0.25, -0.2) is 18.3 Å². The first-order chi connectivity index (χ1) is 20.4. The lowest BCUT2D eigenvalue weighted by atomic mass is 10.1. The number of carboxylic acid groups (broad SMARTS) is 2. The Kier molecular flexibility index (Phi) is 9.03. The molecule has 0 bridgehead atoms. The average Bonchev–Trinajstić information content (AvgIpc) is 3.01. The number of carbonyl (C=O) groups is 2. The van der Waals surface area contributed by atoms with Crippen molar-refractivity contribution in [3.63, 3.8) is 0 Å². The Morgan fingerprint density at radius 3 is 0.952 bits per heavy atom. The summed E-state index contributed by atoms with van der Waals surface area (Å²) in [5.74, 6) is -1.59. The second kappa shape index (κ2) is 13.4. The fourth-order valence-corrected chi connectivity index (χ4v) is 4.73. The number of rotatable bonds is 12. The number of carboxylic acids is 2. The van der Waals surface area contributed by atoms with Crippen molar-refractivity contribution >= 4 is 11.9 Å². The van der Waals surface area contributed by atoms with E-state index in [4.69, 9.17) is 10.2 Å². The van der Waals surface area contributed by atoms with Gasteiger partial charge >= 0.3 is 11.9 Å². The highest BCUT2D eigenvalue weighted by Gasteiger charge is 2.10. The molecule has 0 atom stereocenters. The van der Waals surface area contributed by atoms with E-state index >= 15 is 0 Å². The summed E-state index contributed by atoms with van der Waals surface area (Å²) < 4.78 is 8.07. The largest absolute Gasteiger partial charge is 0.481 e. The van der Waals surface area contributed by atoms with E-state index in [1.54, 1.807) is 0 Å². The van der Waals surface area contributed by atoms with Crippen molar-refractivity contribution in [3.8, 4) is 22.3 Å². The first-order valence-corrected chi connectivity index (χ1v) is 13.9. The number of aliphatic carboxylic acids is 2. The molecule has 0 aliphatic carbocycles. The zero-order chi connectivity index (χ0) is 29.3. The third-order valence-electron chi connectivity index (χ3n) is 7.15. The van der Waals surface area contributed by atoms with E-state index in [-0.39, 0.29) is 12.8 Å². The normalized spacial score (nSPS) is 10.9. The second-order valence-corrected chi connectivity index (χ2v) is 10.3. The summed E-state index contributed by atoms with van der Waals surface area (Å²) in [6.45, 7) is 2.48. The Labute approximate surface area is 244 Å². The van der Waals surface area contributed by atoms with Crippen LogP contribution < -0.4 is 18.3 Å². The SMILES string of the molecule is O=C(O)CC[n+]1ccc(-c2cc[n+](Cc3ccc(C[n+]4ccc(-c5cc[n+](CCC(=O)O)cc5)cc4)cc3)cc2)cc1. The molecule has 0 spiro atoms. The van der Waals surface area contributed by atoms with Gasteiger partial charge in [-0.15, -0.1) is 0 Å². The summed E-state index contributed by atoms with van der Waals surface area (Å²) in [5.41, 5.74) is 6.85. The Balaban J connectivity index is 1.14. The molecule has 4 heterocycles. The van der Waals surface area contributed by atoms with Gasteiger partial charge in [-0.2, -0.15) is 0 Å². The fraction of sp³-hybridized carbons (Fsp3) is 0.176. The number of aryl methyl sites for hydroxylation is 2. The second-order valence-electron chi connectivity index (χ2n) is 10.3. The molecule has 1 aromatic carbocycles. The van der Waals surface area contributed by atoms with Crippen LogP contribution in [0.2, 0.25) is 0 Å². The molecule has 0 amide bonds. The Morgan fingerprint density at radius 2 is 0.690 bits per heavy atom. The minimum atomic E-state index is -0.797. The summed E-state index contributed by atoms with van der Waals surface area (Å²) >= 11 is 0. The van der Waals surface area contributed by atoms with E-state index in [9.17, 15) is 9.59 Å². The number of benzene rings is 1. The average molecular weight is 563 g/mol. The minimum absolute atomic E-state index is 0.109. The zero-order valence-electron chi connectivity index (χ0n) is 23.3. The highest BCUT2D eigenvalue weighted by molar-refractivity contribution is 5.66. The molecule has 0 aliphatic rings. The van der Waals surface area contributed by atoms with Gasteiger partial charge in [0.15, 0.2) is 75.8 Å². The molecule has 42 heavy (non-hydrogen) atoms. The number of hydrogen-bond donors (Lipinski definition) is 2. The fourth-order valence-electron chi connectivity index (χ4n) is 4.73. The van der Waals surface area contributed by atoms with Gasteiger partial charge in [0.2, 0.25) is 0 Å². The molecule has 8 nitrogen and oxygen atoms in total. The summed E-state index contributed by atoms with van der Waals surface area (Å²) in [5, 5.41) is 17.7. The predicted molar refractivity (Wildman–Crippen MR) is 154 cm³/mol. The maximum atomic E-state index is 10.8. The van der Waals surface area contributed by atoms with Crippen LogP contribution in [0.5, 0.6) is 0 Å². The number of pyridine rings is 4. The van der Waals surface area contributed by atoms with Gasteiger partial charge in [-0.1, -0.05) is 24.3 Å². The summed E-state index contributed by atoms with van der Waals surface area (Å²) in [6.07, 6.45) is 16.2. The van der Waals surface area contributed by atoms with Crippen molar-refractivity contribution in [3.05, 3.63) is 133 Å².